The monoisotopic (exact) mass is 393 g/mol. The second kappa shape index (κ2) is 6.45. The molecule has 0 unspecified atom stereocenters. The van der Waals surface area contributed by atoms with Crippen LogP contribution in [-0.4, -0.2) is 27.9 Å². The highest BCUT2D eigenvalue weighted by Crippen LogP contribution is 2.35. The maximum atomic E-state index is 12.1. The first-order valence-corrected chi connectivity index (χ1v) is 9.34. The summed E-state index contributed by atoms with van der Waals surface area (Å²) in [7, 11) is 1.80. The zero-order chi connectivity index (χ0) is 19.3. The van der Waals surface area contributed by atoms with E-state index < -0.39 is 0 Å². The number of hydrogen-bond donors (Lipinski definition) is 2. The standard InChI is InChI=1S/C20H16ClN5O2/c1-22-18-12-8-23-16(25-19(27)10-5-6-10)7-11(12)13(9-24-18)20-26-17-14(21)3-2-4-15(17)28-20/h2-4,7-10H,5-6H2,1H3,(H,22,24)(H,23,25,27). The van der Waals surface area contributed by atoms with Crippen molar-refractivity contribution in [3.05, 3.63) is 41.7 Å². The summed E-state index contributed by atoms with van der Waals surface area (Å²) in [5, 5.41) is 8.10. The first-order valence-electron chi connectivity index (χ1n) is 8.97. The number of fused-ring (bicyclic) bond motifs is 2. The Morgan fingerprint density at radius 3 is 2.82 bits per heavy atom. The average molecular weight is 394 g/mol. The van der Waals surface area contributed by atoms with Crippen molar-refractivity contribution in [3.8, 4) is 11.5 Å². The fraction of sp³-hybridized carbons (Fsp3) is 0.200. The van der Waals surface area contributed by atoms with E-state index in [9.17, 15) is 4.79 Å². The van der Waals surface area contributed by atoms with Crippen molar-refractivity contribution in [3.63, 3.8) is 0 Å². The van der Waals surface area contributed by atoms with Gasteiger partial charge in [0.05, 0.1) is 10.6 Å². The number of oxazole rings is 1. The highest BCUT2D eigenvalue weighted by Gasteiger charge is 2.30. The molecule has 2 N–H and O–H groups in total. The van der Waals surface area contributed by atoms with E-state index in [1.54, 1.807) is 25.5 Å². The molecule has 1 aliphatic rings. The van der Waals surface area contributed by atoms with E-state index in [1.807, 2.05) is 18.2 Å². The van der Waals surface area contributed by atoms with E-state index in [0.717, 1.165) is 23.6 Å². The summed E-state index contributed by atoms with van der Waals surface area (Å²) in [5.74, 6) is 1.69. The average Bonchev–Trinajstić information content (AvgIpc) is 3.46. The van der Waals surface area contributed by atoms with Gasteiger partial charge in [0.25, 0.3) is 0 Å². The molecular formula is C20H16ClN5O2. The third-order valence-electron chi connectivity index (χ3n) is 4.81. The van der Waals surface area contributed by atoms with E-state index >= 15 is 0 Å². The molecule has 1 saturated carbocycles. The van der Waals surface area contributed by atoms with Gasteiger partial charge in [-0.25, -0.2) is 15.0 Å². The number of nitrogens with one attached hydrogen (secondary N) is 2. The van der Waals surface area contributed by atoms with Crippen molar-refractivity contribution >= 4 is 51.0 Å². The molecule has 8 heteroatoms. The molecule has 1 amide bonds. The molecule has 1 fully saturated rings. The number of benzene rings is 1. The highest BCUT2D eigenvalue weighted by atomic mass is 35.5. The second-order valence-corrected chi connectivity index (χ2v) is 7.16. The number of carbonyl (C=O) groups is 1. The molecule has 0 aliphatic heterocycles. The smallest absolute Gasteiger partial charge is 0.229 e. The Hall–Kier alpha value is -3.19. The molecule has 1 aromatic carbocycles. The third-order valence-corrected chi connectivity index (χ3v) is 5.11. The molecule has 0 bridgehead atoms. The minimum Gasteiger partial charge on any atom is -0.436 e. The van der Waals surface area contributed by atoms with Gasteiger partial charge < -0.3 is 15.1 Å². The zero-order valence-corrected chi connectivity index (χ0v) is 15.7. The number of pyridine rings is 2. The number of para-hydroxylation sites is 1. The quantitative estimate of drug-likeness (QED) is 0.531. The van der Waals surface area contributed by atoms with Crippen LogP contribution in [0.5, 0.6) is 0 Å². The number of carbonyl (C=O) groups excluding carboxylic acids is 1. The van der Waals surface area contributed by atoms with Crippen LogP contribution < -0.4 is 10.6 Å². The summed E-state index contributed by atoms with van der Waals surface area (Å²) in [6, 6.07) is 7.23. The van der Waals surface area contributed by atoms with Gasteiger partial charge in [-0.3, -0.25) is 4.79 Å². The lowest BCUT2D eigenvalue weighted by atomic mass is 10.1. The van der Waals surface area contributed by atoms with Crippen LogP contribution in [0.25, 0.3) is 33.3 Å². The molecule has 0 atom stereocenters. The van der Waals surface area contributed by atoms with Crippen LogP contribution >= 0.6 is 11.6 Å². The fourth-order valence-electron chi connectivity index (χ4n) is 3.18. The summed E-state index contributed by atoms with van der Waals surface area (Å²) < 4.78 is 5.92. The van der Waals surface area contributed by atoms with Crippen LogP contribution in [0.2, 0.25) is 5.02 Å². The number of nitrogens with zero attached hydrogens (tertiary/aromatic N) is 3. The number of rotatable bonds is 4. The molecular weight excluding hydrogens is 378 g/mol. The zero-order valence-electron chi connectivity index (χ0n) is 15.0. The number of aromatic nitrogens is 3. The first-order chi connectivity index (χ1) is 13.6. The van der Waals surface area contributed by atoms with E-state index in [1.165, 1.54) is 0 Å². The number of halogens is 1. The van der Waals surface area contributed by atoms with Gasteiger partial charge in [-0.1, -0.05) is 17.7 Å². The minimum absolute atomic E-state index is 0.00457. The Labute approximate surface area is 165 Å². The van der Waals surface area contributed by atoms with E-state index in [-0.39, 0.29) is 11.8 Å². The summed E-state index contributed by atoms with van der Waals surface area (Å²) >= 11 is 6.24. The Kier molecular flexibility index (Phi) is 3.91. The molecule has 4 aromatic rings. The van der Waals surface area contributed by atoms with Gasteiger partial charge in [0.2, 0.25) is 11.8 Å². The number of amides is 1. The van der Waals surface area contributed by atoms with Crippen LogP contribution in [-0.2, 0) is 4.79 Å². The summed E-state index contributed by atoms with van der Waals surface area (Å²) in [5.41, 5.74) is 1.90. The van der Waals surface area contributed by atoms with E-state index in [4.69, 9.17) is 16.0 Å². The van der Waals surface area contributed by atoms with Crippen molar-refractivity contribution in [2.45, 2.75) is 12.8 Å². The third kappa shape index (κ3) is 2.84. The molecule has 5 rings (SSSR count). The second-order valence-electron chi connectivity index (χ2n) is 6.75. The molecule has 0 saturated heterocycles. The van der Waals surface area contributed by atoms with Crippen molar-refractivity contribution in [2.75, 3.05) is 17.7 Å². The Bertz CT molecular complexity index is 1230. The molecule has 1 aliphatic carbocycles. The van der Waals surface area contributed by atoms with Crippen molar-refractivity contribution in [1.82, 2.24) is 15.0 Å². The summed E-state index contributed by atoms with van der Waals surface area (Å²) in [6.45, 7) is 0. The summed E-state index contributed by atoms with van der Waals surface area (Å²) in [6.07, 6.45) is 5.25. The molecule has 3 aromatic heterocycles. The first kappa shape index (κ1) is 16.9. The van der Waals surface area contributed by atoms with Crippen molar-refractivity contribution < 1.29 is 9.21 Å². The Balaban J connectivity index is 1.67. The Morgan fingerprint density at radius 1 is 1.21 bits per heavy atom. The molecule has 0 spiro atoms. The lowest BCUT2D eigenvalue weighted by Crippen LogP contribution is -2.14. The maximum absolute atomic E-state index is 12.1. The normalized spacial score (nSPS) is 13.8. The van der Waals surface area contributed by atoms with Crippen LogP contribution in [0, 0.1) is 5.92 Å². The SMILES string of the molecule is CNc1ncc(-c2nc3c(Cl)cccc3o2)c2cc(NC(=O)C3CC3)ncc12. The predicted molar refractivity (Wildman–Crippen MR) is 108 cm³/mol. The van der Waals surface area contributed by atoms with Gasteiger partial charge in [-0.15, -0.1) is 0 Å². The van der Waals surface area contributed by atoms with Gasteiger partial charge in [-0.05, 0) is 31.0 Å². The van der Waals surface area contributed by atoms with Gasteiger partial charge in [0.15, 0.2) is 5.58 Å². The van der Waals surface area contributed by atoms with Crippen molar-refractivity contribution in [2.24, 2.45) is 5.92 Å². The topological polar surface area (TPSA) is 92.9 Å². The van der Waals surface area contributed by atoms with Gasteiger partial charge in [0, 0.05) is 36.1 Å². The van der Waals surface area contributed by atoms with Crippen LogP contribution in [0.4, 0.5) is 11.6 Å². The lowest BCUT2D eigenvalue weighted by molar-refractivity contribution is -0.117. The Morgan fingerprint density at radius 2 is 2.07 bits per heavy atom. The molecule has 140 valence electrons. The molecule has 7 nitrogen and oxygen atoms in total. The van der Waals surface area contributed by atoms with Gasteiger partial charge >= 0.3 is 0 Å². The summed E-state index contributed by atoms with van der Waals surface area (Å²) in [4.78, 5) is 25.5. The highest BCUT2D eigenvalue weighted by molar-refractivity contribution is 6.34. The lowest BCUT2D eigenvalue weighted by Gasteiger charge is -2.10. The molecule has 3 heterocycles. The maximum Gasteiger partial charge on any atom is 0.229 e. The fourth-order valence-corrected chi connectivity index (χ4v) is 3.39. The molecule has 0 radical (unpaired) electrons. The van der Waals surface area contributed by atoms with E-state index in [0.29, 0.717) is 39.2 Å². The molecule has 28 heavy (non-hydrogen) atoms. The number of hydrogen-bond acceptors (Lipinski definition) is 6. The largest absolute Gasteiger partial charge is 0.436 e. The minimum atomic E-state index is 0.00457. The van der Waals surface area contributed by atoms with Crippen LogP contribution in [0.3, 0.4) is 0 Å². The van der Waals surface area contributed by atoms with E-state index in [2.05, 4.69) is 25.6 Å². The number of anilines is 2. The van der Waals surface area contributed by atoms with Crippen LogP contribution in [0.15, 0.2) is 41.1 Å². The van der Waals surface area contributed by atoms with Crippen molar-refractivity contribution in [1.29, 1.82) is 0 Å². The van der Waals surface area contributed by atoms with Gasteiger partial charge in [-0.2, -0.15) is 0 Å². The van der Waals surface area contributed by atoms with Gasteiger partial charge in [0.1, 0.15) is 17.2 Å². The predicted octanol–water partition coefficient (Wildman–Crippen LogP) is 4.48. The van der Waals surface area contributed by atoms with Crippen LogP contribution in [0.1, 0.15) is 12.8 Å².